The third-order valence-electron chi connectivity index (χ3n) is 16.9. The second-order valence-corrected chi connectivity index (χ2v) is 31.3. The normalized spacial score (nSPS) is 21.7. The van der Waals surface area contributed by atoms with E-state index in [1.165, 1.54) is 13.2 Å². The van der Waals surface area contributed by atoms with Crippen LogP contribution in [0.25, 0.3) is 0 Å². The Bertz CT molecular complexity index is 3150. The van der Waals surface area contributed by atoms with E-state index < -0.39 is 140 Å². The Balaban J connectivity index is 1.07. The number of aliphatic hydroxyl groups excluding tert-OH is 4. The number of aliphatic hydroxyl groups is 4. The van der Waals surface area contributed by atoms with E-state index in [2.05, 4.69) is 26.6 Å². The molecule has 0 spiro atoms. The van der Waals surface area contributed by atoms with Crippen molar-refractivity contribution in [3.63, 3.8) is 0 Å². The van der Waals surface area contributed by atoms with E-state index in [-0.39, 0.29) is 63.6 Å². The number of carbonyl (C=O) groups excluding carboxylic acids is 7. The molecule has 0 unspecified atom stereocenters. The summed E-state index contributed by atoms with van der Waals surface area (Å²) < 4.78 is 30.2. The van der Waals surface area contributed by atoms with E-state index >= 15 is 0 Å². The molecular weight excluding hydrogens is 1230 g/mol. The van der Waals surface area contributed by atoms with E-state index in [0.717, 1.165) is 15.9 Å². The first-order chi connectivity index (χ1) is 43.9. The summed E-state index contributed by atoms with van der Waals surface area (Å²) in [6.07, 6.45) is -7.65. The van der Waals surface area contributed by atoms with Crippen LogP contribution in [0.5, 0.6) is 5.75 Å². The van der Waals surface area contributed by atoms with E-state index in [9.17, 15) is 54.0 Å². The minimum Gasteiger partial charge on any atom is -0.495 e. The highest BCUT2D eigenvalue weighted by Gasteiger charge is 2.51. The van der Waals surface area contributed by atoms with Crippen molar-refractivity contribution in [3.05, 3.63) is 137 Å². The monoisotopic (exact) mass is 1330 g/mol. The molecule has 24 heteroatoms. The van der Waals surface area contributed by atoms with Gasteiger partial charge in [0.05, 0.1) is 42.4 Å². The maximum Gasteiger partial charge on any atom is 0.347 e. The minimum atomic E-state index is -3.14. The van der Waals surface area contributed by atoms with Gasteiger partial charge in [0.15, 0.2) is 6.10 Å². The van der Waals surface area contributed by atoms with Crippen LogP contribution in [-0.4, -0.2) is 158 Å². The number of hydrogen-bond donors (Lipinski definition) is 10. The largest absolute Gasteiger partial charge is 0.495 e. The molecule has 12 atom stereocenters. The van der Waals surface area contributed by atoms with Gasteiger partial charge in [-0.1, -0.05) is 164 Å². The van der Waals surface area contributed by atoms with Crippen LogP contribution in [-0.2, 0) is 65.2 Å². The Labute approximate surface area is 551 Å². The molecule has 93 heavy (non-hydrogen) atoms. The highest BCUT2D eigenvalue weighted by Crippen LogP contribution is 2.45. The predicted octanol–water partition coefficient (Wildman–Crippen LogP) is 4.13. The van der Waals surface area contributed by atoms with Gasteiger partial charge < -0.3 is 76.1 Å². The zero-order valence-corrected chi connectivity index (χ0v) is 56.8. The summed E-state index contributed by atoms with van der Waals surface area (Å²) in [5.41, 5.74) is 6.92. The third-order valence-corrected chi connectivity index (χ3v) is 22.2. The lowest BCUT2D eigenvalue weighted by molar-refractivity contribution is -0.179. The van der Waals surface area contributed by atoms with Crippen molar-refractivity contribution in [2.75, 3.05) is 26.8 Å². The second-order valence-electron chi connectivity index (χ2n) is 26.6. The Morgan fingerprint density at radius 3 is 2.01 bits per heavy atom. The van der Waals surface area contributed by atoms with Crippen molar-refractivity contribution >= 4 is 71.8 Å². The highest BCUT2D eigenvalue weighted by atomic mass is 35.5. The average molecular weight is 1330 g/mol. The molecule has 2 aliphatic heterocycles. The summed E-state index contributed by atoms with van der Waals surface area (Å²) in [5, 5.41) is 59.5. The summed E-state index contributed by atoms with van der Waals surface area (Å²) in [4.78, 5) is 95.4. The Morgan fingerprint density at radius 1 is 0.817 bits per heavy atom. The number of epoxide rings is 1. The molecule has 6 rings (SSSR count). The molecule has 0 aromatic heterocycles. The molecule has 1 fully saturated rings. The summed E-state index contributed by atoms with van der Waals surface area (Å²) in [5.74, 6) is -4.95. The standard InChI is InChI=1S/C69H95ClN6O16Si/c1-40(2)33-55-66(86)90-53(23-18-24-57(80)75-50(35-44-27-31-54(88-11)48(70)34-44)64(84)74-39-69(9,10)67(87)91-55)42(5)61-62(92-61)45-28-25-43(26-29-45)36-73-63(83)49(76-65(85)58(71)41(3)4)30-32-56(79)72-37-51(77)59(81)60(82)52(78)38-89-93(68(6,7)8,46-19-14-12-15-20-46)47-21-16-13-17-22-47/h12-22,24-29,31,34,40-42,49-53,55,58-62,77-78,81-82H,23,30,32-33,35-39,71H2,1-11H3,(H,72,79)(H,73,83)(H,74,84)(H,75,80)(H,76,85)/b24-18+/t42-,49-,50+,51-,52+,53-,55-,58-,59+,60+,61+,62+/m0/s1. The van der Waals surface area contributed by atoms with Crippen LogP contribution in [0.2, 0.25) is 10.1 Å². The van der Waals surface area contributed by atoms with Crippen LogP contribution in [0.4, 0.5) is 0 Å². The van der Waals surface area contributed by atoms with Crippen molar-refractivity contribution in [1.82, 2.24) is 26.6 Å². The number of halogens is 1. The SMILES string of the molecule is COc1ccc(C[C@H]2NC(=O)/C=C/C[C@@H]([C@H](C)[C@H]3O[C@@H]3c3ccc(CNC(=O)[C@H](CCC(=O)NC[C@H](O)[C@@H](O)[C@H](O)[C@H](O)CO[Si](c4ccccc4)(c4ccccc4)C(C)(C)C)NC(=O)[C@@H](N)C(C)C)cc3)OC(=O)[C@H](CC(C)C)OC(=O)C(C)(C)CNC2=O)cc1Cl. The number of rotatable bonds is 27. The second kappa shape index (κ2) is 33.9. The summed E-state index contributed by atoms with van der Waals surface area (Å²) in [7, 11) is -1.66. The molecule has 2 aliphatic rings. The molecule has 0 bridgehead atoms. The predicted molar refractivity (Wildman–Crippen MR) is 353 cm³/mol. The van der Waals surface area contributed by atoms with Crippen LogP contribution < -0.4 is 47.4 Å². The molecule has 4 aromatic rings. The number of nitrogens with one attached hydrogen (secondary N) is 5. The lowest BCUT2D eigenvalue weighted by Crippen LogP contribution is -2.67. The fourth-order valence-corrected chi connectivity index (χ4v) is 15.9. The van der Waals surface area contributed by atoms with Crippen LogP contribution in [0.3, 0.4) is 0 Å². The number of nitrogens with two attached hydrogens (primary N) is 1. The van der Waals surface area contributed by atoms with Gasteiger partial charge in [0.2, 0.25) is 29.5 Å². The van der Waals surface area contributed by atoms with Crippen molar-refractivity contribution in [2.24, 2.45) is 28.9 Å². The van der Waals surface area contributed by atoms with E-state index in [0.29, 0.717) is 21.9 Å². The number of cyclic esters (lactones) is 2. The Kier molecular flexibility index (Phi) is 27.3. The van der Waals surface area contributed by atoms with E-state index in [1.807, 2.05) is 114 Å². The molecule has 0 aliphatic carbocycles. The van der Waals surface area contributed by atoms with Crippen molar-refractivity contribution < 1.29 is 77.4 Å². The summed E-state index contributed by atoms with van der Waals surface area (Å²) >= 11 is 6.40. The first-order valence-electron chi connectivity index (χ1n) is 31.7. The quantitative estimate of drug-likeness (QED) is 0.0228. The molecule has 5 amide bonds. The number of amides is 5. The fraction of sp³-hybridized carbons (Fsp3) is 0.522. The number of benzene rings is 4. The number of hydrogen-bond acceptors (Lipinski definition) is 17. The number of ether oxygens (including phenoxy) is 4. The molecule has 0 saturated carbocycles. The fourth-order valence-electron chi connectivity index (χ4n) is 11.0. The van der Waals surface area contributed by atoms with E-state index in [1.54, 1.807) is 64.1 Å². The Morgan fingerprint density at radius 2 is 1.43 bits per heavy atom. The number of esters is 2. The van der Waals surface area contributed by atoms with Gasteiger partial charge in [-0.25, -0.2) is 4.79 Å². The average Bonchev–Trinajstić information content (AvgIpc) is 1.11. The van der Waals surface area contributed by atoms with Gasteiger partial charge in [0.25, 0.3) is 8.32 Å². The molecule has 1 saturated heterocycles. The van der Waals surface area contributed by atoms with Crippen molar-refractivity contribution in [2.45, 2.75) is 180 Å². The zero-order chi connectivity index (χ0) is 68.5. The van der Waals surface area contributed by atoms with Gasteiger partial charge in [-0.15, -0.1) is 0 Å². The maximum absolute atomic E-state index is 14.1. The van der Waals surface area contributed by atoms with Gasteiger partial charge in [-0.2, -0.15) is 0 Å². The zero-order valence-electron chi connectivity index (χ0n) is 55.1. The van der Waals surface area contributed by atoms with Gasteiger partial charge in [0.1, 0.15) is 48.4 Å². The van der Waals surface area contributed by atoms with Crippen molar-refractivity contribution in [3.8, 4) is 5.75 Å². The smallest absolute Gasteiger partial charge is 0.347 e. The molecule has 0 radical (unpaired) electrons. The minimum absolute atomic E-state index is 0.0128. The van der Waals surface area contributed by atoms with Crippen LogP contribution in [0.1, 0.15) is 118 Å². The third kappa shape index (κ3) is 20.7. The summed E-state index contributed by atoms with van der Waals surface area (Å²) in [6, 6.07) is 28.3. The van der Waals surface area contributed by atoms with Crippen LogP contribution >= 0.6 is 11.6 Å². The van der Waals surface area contributed by atoms with Crippen molar-refractivity contribution in [1.29, 1.82) is 0 Å². The van der Waals surface area contributed by atoms with Gasteiger partial charge >= 0.3 is 11.9 Å². The first-order valence-corrected chi connectivity index (χ1v) is 34.0. The highest BCUT2D eigenvalue weighted by molar-refractivity contribution is 6.99. The molecule has 2 heterocycles. The number of methoxy groups -OCH3 is 1. The van der Waals surface area contributed by atoms with Gasteiger partial charge in [-0.3, -0.25) is 28.8 Å². The topological polar surface area (TPSA) is 336 Å². The van der Waals surface area contributed by atoms with Gasteiger partial charge in [0, 0.05) is 44.8 Å². The first kappa shape index (κ1) is 75.0. The lowest BCUT2D eigenvalue weighted by Gasteiger charge is -2.43. The molecule has 22 nitrogen and oxygen atoms in total. The molecule has 508 valence electrons. The lowest BCUT2D eigenvalue weighted by atomic mass is 9.92. The molecular formula is C69H95ClN6O16Si. The molecule has 4 aromatic carbocycles. The summed E-state index contributed by atoms with van der Waals surface area (Å²) in [6.45, 7) is 17.3. The number of carbonyl (C=O) groups is 7. The Hall–Kier alpha value is -7.06. The maximum atomic E-state index is 14.1. The van der Waals surface area contributed by atoms with Crippen LogP contribution in [0, 0.1) is 23.2 Å². The van der Waals surface area contributed by atoms with Crippen LogP contribution in [0.15, 0.2) is 115 Å². The molecule has 11 N–H and O–H groups in total. The van der Waals surface area contributed by atoms with Gasteiger partial charge in [-0.05, 0) is 88.8 Å². The van der Waals surface area contributed by atoms with E-state index in [4.69, 9.17) is 40.7 Å².